The summed E-state index contributed by atoms with van der Waals surface area (Å²) < 4.78 is 31.2. The number of benzene rings is 1. The fourth-order valence-corrected chi connectivity index (χ4v) is 1.10. The molecule has 0 saturated heterocycles. The molecule has 0 heterocycles. The Morgan fingerprint density at radius 3 is 2.50 bits per heavy atom. The Kier molecular flexibility index (Phi) is 4.16. The molecule has 1 amide bonds. The number of aliphatic carboxylic acids is 1. The minimum atomic E-state index is -1.87. The van der Waals surface area contributed by atoms with Crippen molar-refractivity contribution in [3.8, 4) is 5.75 Å². The van der Waals surface area contributed by atoms with E-state index in [-0.39, 0.29) is 5.75 Å². The van der Waals surface area contributed by atoms with E-state index in [1.54, 1.807) is 0 Å². The molecule has 0 spiro atoms. The van der Waals surface area contributed by atoms with Gasteiger partial charge in [0, 0.05) is 12.1 Å². The van der Waals surface area contributed by atoms with Crippen molar-refractivity contribution in [2.75, 3.05) is 12.4 Å². The number of nitrogens with one attached hydrogen (secondary N) is 1. The molecule has 0 radical (unpaired) electrons. The molecule has 0 aliphatic rings. The zero-order valence-corrected chi connectivity index (χ0v) is 9.24. The highest BCUT2D eigenvalue weighted by atomic mass is 19.1. The van der Waals surface area contributed by atoms with Crippen LogP contribution in [0.2, 0.25) is 0 Å². The van der Waals surface area contributed by atoms with Gasteiger partial charge >= 0.3 is 5.97 Å². The van der Waals surface area contributed by atoms with Crippen LogP contribution in [0.5, 0.6) is 5.75 Å². The van der Waals surface area contributed by atoms with Gasteiger partial charge in [-0.1, -0.05) is 0 Å². The van der Waals surface area contributed by atoms with Gasteiger partial charge in [0.25, 0.3) is 5.91 Å². The summed E-state index contributed by atoms with van der Waals surface area (Å²) in [6.07, 6.45) is 0. The molecular weight excluding hydrogens is 250 g/mol. The molecule has 0 fully saturated rings. The number of carboxylic acids is 1. The van der Waals surface area contributed by atoms with Gasteiger partial charge in [0.1, 0.15) is 0 Å². The minimum Gasteiger partial charge on any atom is -0.494 e. The molecular formula is C10H10F2N2O4. The number of carbonyl (C=O) groups is 2. The number of anilines is 1. The van der Waals surface area contributed by atoms with Crippen LogP contribution in [0.3, 0.4) is 0 Å². The third kappa shape index (κ3) is 2.92. The van der Waals surface area contributed by atoms with Gasteiger partial charge in [-0.15, -0.1) is 0 Å². The van der Waals surface area contributed by atoms with Crippen molar-refractivity contribution in [3.05, 3.63) is 23.8 Å². The largest absolute Gasteiger partial charge is 0.494 e. The van der Waals surface area contributed by atoms with Crippen LogP contribution in [-0.4, -0.2) is 30.1 Å². The predicted octanol–water partition coefficient (Wildman–Crippen LogP) is 0.324. The molecule has 1 aromatic rings. The molecule has 4 N–H and O–H groups in total. The van der Waals surface area contributed by atoms with E-state index >= 15 is 0 Å². The van der Waals surface area contributed by atoms with Crippen molar-refractivity contribution in [3.63, 3.8) is 0 Å². The Morgan fingerprint density at radius 1 is 1.39 bits per heavy atom. The van der Waals surface area contributed by atoms with Gasteiger partial charge in [-0.25, -0.2) is 13.6 Å². The molecule has 1 aromatic carbocycles. The van der Waals surface area contributed by atoms with Gasteiger partial charge in [-0.2, -0.15) is 0 Å². The Bertz CT molecular complexity index is 493. The van der Waals surface area contributed by atoms with Crippen molar-refractivity contribution >= 4 is 17.6 Å². The SMILES string of the molecule is COc1cc(F)c(NC(=O)C(N)C(=O)O)cc1F. The first kappa shape index (κ1) is 13.8. The number of methoxy groups -OCH3 is 1. The molecule has 8 heteroatoms. The summed E-state index contributed by atoms with van der Waals surface area (Å²) in [7, 11) is 1.15. The smallest absolute Gasteiger partial charge is 0.330 e. The maximum atomic E-state index is 13.4. The van der Waals surface area contributed by atoms with Gasteiger partial charge < -0.3 is 20.9 Å². The average molecular weight is 260 g/mol. The topological polar surface area (TPSA) is 102 Å². The first-order valence-corrected chi connectivity index (χ1v) is 4.69. The Morgan fingerprint density at radius 2 is 2.00 bits per heavy atom. The second-order valence-electron chi connectivity index (χ2n) is 3.27. The molecule has 1 atom stereocenters. The number of hydrogen-bond acceptors (Lipinski definition) is 4. The van der Waals surface area contributed by atoms with Gasteiger partial charge in [-0.05, 0) is 0 Å². The van der Waals surface area contributed by atoms with Crippen LogP contribution in [0, 0.1) is 11.6 Å². The Labute approximate surface area is 100 Å². The van der Waals surface area contributed by atoms with Crippen LogP contribution >= 0.6 is 0 Å². The summed E-state index contributed by atoms with van der Waals surface area (Å²) in [4.78, 5) is 21.6. The molecule has 98 valence electrons. The lowest BCUT2D eigenvalue weighted by atomic mass is 10.2. The summed E-state index contributed by atoms with van der Waals surface area (Å²) in [5, 5.41) is 10.3. The molecule has 0 saturated carbocycles. The fraction of sp³-hybridized carbons (Fsp3) is 0.200. The average Bonchev–Trinajstić information content (AvgIpc) is 2.32. The lowest BCUT2D eigenvalue weighted by Crippen LogP contribution is -2.42. The maximum absolute atomic E-state index is 13.4. The highest BCUT2D eigenvalue weighted by Gasteiger charge is 2.22. The minimum absolute atomic E-state index is 0.340. The number of nitrogens with two attached hydrogens (primary N) is 1. The van der Waals surface area contributed by atoms with Crippen LogP contribution in [0.15, 0.2) is 12.1 Å². The number of rotatable bonds is 4. The van der Waals surface area contributed by atoms with E-state index in [9.17, 15) is 18.4 Å². The van der Waals surface area contributed by atoms with E-state index in [0.29, 0.717) is 6.07 Å². The zero-order chi connectivity index (χ0) is 13.9. The van der Waals surface area contributed by atoms with E-state index < -0.39 is 35.2 Å². The second kappa shape index (κ2) is 5.41. The van der Waals surface area contributed by atoms with Crippen molar-refractivity contribution in [1.82, 2.24) is 0 Å². The van der Waals surface area contributed by atoms with Gasteiger partial charge in [0.2, 0.25) is 0 Å². The predicted molar refractivity (Wildman–Crippen MR) is 57.2 cm³/mol. The third-order valence-electron chi connectivity index (χ3n) is 2.05. The summed E-state index contributed by atoms with van der Waals surface area (Å²) in [6.45, 7) is 0. The maximum Gasteiger partial charge on any atom is 0.330 e. The number of carbonyl (C=O) groups excluding carboxylic acids is 1. The lowest BCUT2D eigenvalue weighted by Gasteiger charge is -2.10. The van der Waals surface area contributed by atoms with Crippen LogP contribution in [0.4, 0.5) is 14.5 Å². The number of carboxylic acid groups (broad SMARTS) is 1. The summed E-state index contributed by atoms with van der Waals surface area (Å²) in [5.41, 5.74) is 4.48. The van der Waals surface area contributed by atoms with Crippen molar-refractivity contribution in [1.29, 1.82) is 0 Å². The fourth-order valence-electron chi connectivity index (χ4n) is 1.10. The lowest BCUT2D eigenvalue weighted by molar-refractivity contribution is -0.141. The quantitative estimate of drug-likeness (QED) is 0.677. The van der Waals surface area contributed by atoms with Gasteiger partial charge in [0.05, 0.1) is 12.8 Å². The molecule has 18 heavy (non-hydrogen) atoms. The highest BCUT2D eigenvalue weighted by molar-refractivity contribution is 6.07. The summed E-state index contributed by atoms with van der Waals surface area (Å²) in [5.74, 6) is -4.96. The molecule has 0 aliphatic carbocycles. The van der Waals surface area contributed by atoms with Crippen molar-refractivity contribution in [2.45, 2.75) is 6.04 Å². The Balaban J connectivity index is 2.95. The molecule has 1 unspecified atom stereocenters. The normalized spacial score (nSPS) is 11.8. The van der Waals surface area contributed by atoms with Crippen LogP contribution in [0.25, 0.3) is 0 Å². The summed E-state index contributed by atoms with van der Waals surface area (Å²) >= 11 is 0. The molecule has 0 bridgehead atoms. The first-order valence-electron chi connectivity index (χ1n) is 4.69. The van der Waals surface area contributed by atoms with E-state index in [2.05, 4.69) is 4.74 Å². The molecule has 1 rings (SSSR count). The molecule has 0 aromatic heterocycles. The summed E-state index contributed by atoms with van der Waals surface area (Å²) in [6, 6.07) is -0.479. The van der Waals surface area contributed by atoms with E-state index in [0.717, 1.165) is 13.2 Å². The Hall–Kier alpha value is -2.22. The van der Waals surface area contributed by atoms with Crippen molar-refractivity contribution in [2.24, 2.45) is 5.73 Å². The standard InChI is InChI=1S/C10H10F2N2O4/c1-18-7-3-4(11)6(2-5(7)12)14-9(15)8(13)10(16)17/h2-3,8H,13H2,1H3,(H,14,15)(H,16,17). The number of amides is 1. The van der Waals surface area contributed by atoms with Crippen LogP contribution in [0.1, 0.15) is 0 Å². The monoisotopic (exact) mass is 260 g/mol. The van der Waals surface area contributed by atoms with Gasteiger partial charge in [0.15, 0.2) is 23.4 Å². The zero-order valence-electron chi connectivity index (χ0n) is 9.24. The highest BCUT2D eigenvalue weighted by Crippen LogP contribution is 2.24. The van der Waals surface area contributed by atoms with E-state index in [1.165, 1.54) is 0 Å². The van der Waals surface area contributed by atoms with Crippen LogP contribution in [-0.2, 0) is 9.59 Å². The molecule has 0 aliphatic heterocycles. The molecule has 6 nitrogen and oxygen atoms in total. The van der Waals surface area contributed by atoms with Crippen molar-refractivity contribution < 1.29 is 28.2 Å². The third-order valence-corrected chi connectivity index (χ3v) is 2.05. The van der Waals surface area contributed by atoms with E-state index in [4.69, 9.17) is 10.8 Å². The van der Waals surface area contributed by atoms with Crippen LogP contribution < -0.4 is 15.8 Å². The number of halogens is 2. The number of ether oxygens (including phenoxy) is 1. The first-order chi connectivity index (χ1) is 8.36. The van der Waals surface area contributed by atoms with Gasteiger partial charge in [-0.3, -0.25) is 4.79 Å². The van der Waals surface area contributed by atoms with E-state index in [1.807, 2.05) is 5.32 Å². The second-order valence-corrected chi connectivity index (χ2v) is 3.27. The number of hydrogen-bond donors (Lipinski definition) is 3.